The maximum Gasteiger partial charge on any atom is 0.303 e. The molecule has 6 rings (SSSR count). The van der Waals surface area contributed by atoms with Crippen LogP contribution in [-0.2, 0) is 19.0 Å². The summed E-state index contributed by atoms with van der Waals surface area (Å²) in [7, 11) is 0. The molecular weight excluding hydrogens is 496 g/mol. The molecule has 0 amide bonds. The molecule has 7 heteroatoms. The molecule has 3 saturated heterocycles. The van der Waals surface area contributed by atoms with Gasteiger partial charge in [0.25, 0.3) is 0 Å². The Morgan fingerprint density at radius 3 is 2.44 bits per heavy atom. The molecule has 4 fully saturated rings. The monoisotopic (exact) mass is 546 g/mol. The lowest BCUT2D eigenvalue weighted by molar-refractivity contribution is -0.341. The maximum atomic E-state index is 12.4. The molecule has 39 heavy (non-hydrogen) atoms. The third-order valence-electron chi connectivity index (χ3n) is 12.9. The Bertz CT molecular complexity index is 1090. The quantitative estimate of drug-likeness (QED) is 0.349. The summed E-state index contributed by atoms with van der Waals surface area (Å²) >= 11 is 0. The van der Waals surface area contributed by atoms with Crippen LogP contribution in [0.5, 0.6) is 0 Å². The van der Waals surface area contributed by atoms with Gasteiger partial charge in [0.1, 0.15) is 12.2 Å². The summed E-state index contributed by atoms with van der Waals surface area (Å²) in [6.07, 6.45) is 4.96. The molecule has 7 nitrogen and oxygen atoms in total. The predicted octanol–water partition coefficient (Wildman–Crippen LogP) is 4.65. The Hall–Kier alpha value is -0.990. The van der Waals surface area contributed by atoms with Gasteiger partial charge < -0.3 is 29.5 Å². The molecule has 1 spiro atoms. The lowest BCUT2D eigenvalue weighted by Crippen LogP contribution is -2.61. The van der Waals surface area contributed by atoms with E-state index in [0.29, 0.717) is 18.4 Å². The molecule has 2 bridgehead atoms. The molecule has 220 valence electrons. The van der Waals surface area contributed by atoms with E-state index in [0.717, 1.165) is 44.9 Å². The minimum absolute atomic E-state index is 0.0145. The second-order valence-corrected chi connectivity index (χ2v) is 15.7. The van der Waals surface area contributed by atoms with Crippen LogP contribution >= 0.6 is 0 Å². The normalized spacial score (nSPS) is 50.9. The van der Waals surface area contributed by atoms with Gasteiger partial charge in [-0.2, -0.15) is 0 Å². The third-order valence-corrected chi connectivity index (χ3v) is 12.9. The van der Waals surface area contributed by atoms with Crippen LogP contribution in [0, 0.1) is 34.0 Å². The van der Waals surface area contributed by atoms with Crippen molar-refractivity contribution in [2.24, 2.45) is 34.0 Å². The Morgan fingerprint density at radius 2 is 1.79 bits per heavy atom. The number of carbonyl (C=O) groups is 1. The fraction of sp³-hybridized carbons (Fsp3) is 0.906. The predicted molar refractivity (Wildman–Crippen MR) is 145 cm³/mol. The summed E-state index contributed by atoms with van der Waals surface area (Å²) in [6, 6.07) is 0. The van der Waals surface area contributed by atoms with E-state index in [1.54, 1.807) is 13.8 Å². The molecule has 3 aliphatic carbocycles. The highest BCUT2D eigenvalue weighted by Crippen LogP contribution is 2.74. The highest BCUT2D eigenvalue weighted by atomic mass is 16.7. The zero-order valence-electron chi connectivity index (χ0n) is 25.2. The Morgan fingerprint density at radius 1 is 1.10 bits per heavy atom. The van der Waals surface area contributed by atoms with E-state index in [2.05, 4.69) is 34.6 Å². The first-order valence-electron chi connectivity index (χ1n) is 15.3. The lowest BCUT2D eigenvalue weighted by Gasteiger charge is -2.53. The molecule has 0 aromatic heterocycles. The van der Waals surface area contributed by atoms with E-state index in [1.807, 2.05) is 0 Å². The molecule has 3 heterocycles. The Balaban J connectivity index is 1.39. The van der Waals surface area contributed by atoms with Crippen molar-refractivity contribution in [2.45, 2.75) is 148 Å². The molecule has 3 unspecified atom stereocenters. The van der Waals surface area contributed by atoms with Gasteiger partial charge in [0.05, 0.1) is 17.3 Å². The highest BCUT2D eigenvalue weighted by Gasteiger charge is 2.77. The molecule has 3 aliphatic heterocycles. The van der Waals surface area contributed by atoms with Crippen LogP contribution in [0.2, 0.25) is 0 Å². The second-order valence-electron chi connectivity index (χ2n) is 15.7. The van der Waals surface area contributed by atoms with Crippen molar-refractivity contribution in [2.75, 3.05) is 0 Å². The minimum atomic E-state index is -1.81. The Labute approximate surface area is 233 Å². The van der Waals surface area contributed by atoms with E-state index in [4.69, 9.17) is 14.2 Å². The molecule has 0 aromatic rings. The number of rotatable bonds is 3. The van der Waals surface area contributed by atoms with Crippen LogP contribution < -0.4 is 0 Å². The van der Waals surface area contributed by atoms with Gasteiger partial charge in [-0.15, -0.1) is 0 Å². The van der Waals surface area contributed by atoms with Gasteiger partial charge >= 0.3 is 5.97 Å². The van der Waals surface area contributed by atoms with Crippen molar-refractivity contribution in [3.63, 3.8) is 0 Å². The van der Waals surface area contributed by atoms with Gasteiger partial charge in [0.15, 0.2) is 11.9 Å². The fourth-order valence-corrected chi connectivity index (χ4v) is 11.2. The number of carbonyl (C=O) groups excluding carboxylic acids is 1. The topological polar surface area (TPSA) is 105 Å². The van der Waals surface area contributed by atoms with E-state index < -0.39 is 41.1 Å². The van der Waals surface area contributed by atoms with Crippen LogP contribution in [-0.4, -0.2) is 62.7 Å². The first-order chi connectivity index (χ1) is 17.9. The summed E-state index contributed by atoms with van der Waals surface area (Å²) < 4.78 is 18.8. The number of esters is 1. The first kappa shape index (κ1) is 28.1. The molecule has 0 aromatic carbocycles. The molecule has 3 N–H and O–H groups in total. The minimum Gasteiger partial charge on any atom is -0.457 e. The molecule has 11 atom stereocenters. The lowest BCUT2D eigenvalue weighted by atomic mass is 9.52. The maximum absolute atomic E-state index is 12.4. The van der Waals surface area contributed by atoms with Gasteiger partial charge in [-0.3, -0.25) is 4.79 Å². The van der Waals surface area contributed by atoms with E-state index >= 15 is 0 Å². The van der Waals surface area contributed by atoms with Gasteiger partial charge in [0.2, 0.25) is 0 Å². The first-order valence-corrected chi connectivity index (χ1v) is 15.3. The van der Waals surface area contributed by atoms with Crippen LogP contribution in [0.4, 0.5) is 0 Å². The number of fused-ring (bicyclic) bond motifs is 5. The zero-order chi connectivity index (χ0) is 28.6. The average Bonchev–Trinajstić information content (AvgIpc) is 3.30. The van der Waals surface area contributed by atoms with Crippen molar-refractivity contribution in [3.8, 4) is 0 Å². The molecule has 1 saturated carbocycles. The van der Waals surface area contributed by atoms with Crippen LogP contribution in [0.1, 0.15) is 107 Å². The number of ether oxygens (including phenoxy) is 3. The summed E-state index contributed by atoms with van der Waals surface area (Å²) in [5.41, 5.74) is 0.379. The molecule has 6 aliphatic rings. The smallest absolute Gasteiger partial charge is 0.303 e. The number of hydrogen-bond donors (Lipinski definition) is 3. The van der Waals surface area contributed by atoms with Crippen molar-refractivity contribution >= 4 is 5.97 Å². The summed E-state index contributed by atoms with van der Waals surface area (Å²) in [5.74, 6) is -2.14. The van der Waals surface area contributed by atoms with Crippen molar-refractivity contribution in [3.05, 3.63) is 11.1 Å². The van der Waals surface area contributed by atoms with Crippen LogP contribution in [0.15, 0.2) is 11.1 Å². The van der Waals surface area contributed by atoms with E-state index in [1.165, 1.54) is 18.1 Å². The van der Waals surface area contributed by atoms with Gasteiger partial charge in [-0.25, -0.2) is 0 Å². The highest BCUT2D eigenvalue weighted by molar-refractivity contribution is 5.66. The summed E-state index contributed by atoms with van der Waals surface area (Å²) in [6.45, 7) is 15.8. The SMILES string of the molecule is CC(=O)OC(C1C[C@H](C)[C@H]2[C@](O)(O1)[C@@H](O)[C@]1(C)C3=C(CC[C@]21C)C[C@]12CC[C@@H](O1)C(C)(C)C2CC3)C(C)(C)O. The van der Waals surface area contributed by atoms with E-state index in [-0.39, 0.29) is 28.3 Å². The third kappa shape index (κ3) is 3.49. The second kappa shape index (κ2) is 8.31. The van der Waals surface area contributed by atoms with Gasteiger partial charge in [-0.1, -0.05) is 45.8 Å². The van der Waals surface area contributed by atoms with Crippen LogP contribution in [0.25, 0.3) is 0 Å². The largest absolute Gasteiger partial charge is 0.457 e. The van der Waals surface area contributed by atoms with Crippen molar-refractivity contribution in [1.29, 1.82) is 0 Å². The van der Waals surface area contributed by atoms with E-state index in [9.17, 15) is 20.1 Å². The Kier molecular flexibility index (Phi) is 5.99. The molecular formula is C32H50O7. The summed E-state index contributed by atoms with van der Waals surface area (Å²) in [4.78, 5) is 12.0. The van der Waals surface area contributed by atoms with Crippen molar-refractivity contribution < 1.29 is 34.3 Å². The van der Waals surface area contributed by atoms with Gasteiger partial charge in [0, 0.05) is 18.3 Å². The standard InChI is InChI=1S/C32H50O7/c1-17-15-21(25(28(5,6)35)37-18(2)33)38-32(36)24(17)29(7)13-11-19-16-31-14-12-23(39-31)27(3,4)22(31)10-9-20(19)30(29,8)26(32)34/h17,21-26,34-36H,9-16H2,1-8H3/t17-,21?,22?,23+,24+,25?,26-,29+,30-,31-,32-/m0/s1. The average molecular weight is 547 g/mol. The molecule has 0 radical (unpaired) electrons. The van der Waals surface area contributed by atoms with Gasteiger partial charge in [-0.05, 0) is 87.9 Å². The summed E-state index contributed by atoms with van der Waals surface area (Å²) in [5, 5.41) is 35.6. The number of aliphatic hydroxyl groups excluding tert-OH is 1. The number of aliphatic hydroxyl groups is 3. The van der Waals surface area contributed by atoms with Crippen molar-refractivity contribution in [1.82, 2.24) is 0 Å². The number of hydrogen-bond acceptors (Lipinski definition) is 7. The zero-order valence-corrected chi connectivity index (χ0v) is 25.2. The van der Waals surface area contributed by atoms with Crippen LogP contribution in [0.3, 0.4) is 0 Å². The fourth-order valence-electron chi connectivity index (χ4n) is 11.2.